The van der Waals surface area contributed by atoms with Crippen LogP contribution in [0.3, 0.4) is 0 Å². The fourth-order valence-corrected chi connectivity index (χ4v) is 3.02. The number of fused-ring (bicyclic) bond motifs is 1. The molecule has 0 unspecified atom stereocenters. The largest absolute Gasteiger partial charge is 0.337 e. The first-order valence-corrected chi connectivity index (χ1v) is 8.70. The van der Waals surface area contributed by atoms with E-state index < -0.39 is 11.9 Å². The average molecular weight is 362 g/mol. The number of tetrazole rings is 1. The van der Waals surface area contributed by atoms with Crippen LogP contribution in [0.25, 0.3) is 0 Å². The molecular weight excluding hydrogens is 344 g/mol. The Morgan fingerprint density at radius 1 is 1.15 bits per heavy atom. The third kappa shape index (κ3) is 3.84. The highest BCUT2D eigenvalue weighted by molar-refractivity contribution is 6.00. The Morgan fingerprint density at radius 2 is 1.93 bits per heavy atom. The number of para-hydroxylation sites is 1. The number of nitrogens with zero attached hydrogens (tertiary/aromatic N) is 4. The van der Waals surface area contributed by atoms with Crippen LogP contribution in [0.5, 0.6) is 0 Å². The molecule has 136 valence electrons. The van der Waals surface area contributed by atoms with Crippen molar-refractivity contribution in [2.45, 2.75) is 25.4 Å². The van der Waals surface area contributed by atoms with Crippen LogP contribution >= 0.6 is 0 Å². The van der Waals surface area contributed by atoms with Crippen LogP contribution in [0.4, 0.5) is 5.69 Å². The minimum Gasteiger partial charge on any atom is -0.337 e. The molecule has 2 amide bonds. The molecule has 2 heterocycles. The van der Waals surface area contributed by atoms with Gasteiger partial charge < -0.3 is 10.6 Å². The summed E-state index contributed by atoms with van der Waals surface area (Å²) in [7, 11) is 0. The minimum atomic E-state index is -0.647. The number of carbonyl (C=O) groups is 2. The van der Waals surface area contributed by atoms with Crippen LogP contribution in [0.1, 0.15) is 28.2 Å². The molecule has 2 aromatic carbocycles. The van der Waals surface area contributed by atoms with Gasteiger partial charge in [-0.2, -0.15) is 4.80 Å². The van der Waals surface area contributed by atoms with Crippen molar-refractivity contribution in [2.75, 3.05) is 5.32 Å². The van der Waals surface area contributed by atoms with E-state index in [1.54, 1.807) is 0 Å². The van der Waals surface area contributed by atoms with Gasteiger partial charge in [-0.1, -0.05) is 48.5 Å². The van der Waals surface area contributed by atoms with E-state index in [-0.39, 0.29) is 11.7 Å². The van der Waals surface area contributed by atoms with E-state index in [1.165, 1.54) is 4.80 Å². The molecule has 0 radical (unpaired) electrons. The normalized spacial score (nSPS) is 16.1. The maximum absolute atomic E-state index is 12.4. The second kappa shape index (κ2) is 7.36. The van der Waals surface area contributed by atoms with E-state index in [0.29, 0.717) is 19.4 Å². The molecule has 27 heavy (non-hydrogen) atoms. The highest BCUT2D eigenvalue weighted by Gasteiger charge is 2.26. The van der Waals surface area contributed by atoms with Gasteiger partial charge in [-0.15, -0.1) is 10.2 Å². The molecule has 1 aliphatic rings. The van der Waals surface area contributed by atoms with Gasteiger partial charge in [0.05, 0.1) is 6.54 Å². The summed E-state index contributed by atoms with van der Waals surface area (Å²) in [5.74, 6) is -0.814. The molecule has 1 aliphatic heterocycles. The predicted molar refractivity (Wildman–Crippen MR) is 98.0 cm³/mol. The summed E-state index contributed by atoms with van der Waals surface area (Å²) < 4.78 is 0. The fourth-order valence-electron chi connectivity index (χ4n) is 3.02. The first-order chi connectivity index (χ1) is 13.2. The lowest BCUT2D eigenvalue weighted by atomic mass is 10.1. The van der Waals surface area contributed by atoms with Crippen LogP contribution in [0.15, 0.2) is 54.6 Å². The number of rotatable bonds is 4. The van der Waals surface area contributed by atoms with Crippen molar-refractivity contribution in [3.8, 4) is 0 Å². The van der Waals surface area contributed by atoms with E-state index in [4.69, 9.17) is 0 Å². The van der Waals surface area contributed by atoms with Crippen molar-refractivity contribution >= 4 is 17.5 Å². The zero-order chi connectivity index (χ0) is 18.6. The van der Waals surface area contributed by atoms with Gasteiger partial charge in [-0.05, 0) is 35.2 Å². The van der Waals surface area contributed by atoms with Gasteiger partial charge in [0.25, 0.3) is 11.7 Å². The highest BCUT2D eigenvalue weighted by Crippen LogP contribution is 2.21. The van der Waals surface area contributed by atoms with Crippen LogP contribution in [-0.2, 0) is 17.8 Å². The highest BCUT2D eigenvalue weighted by atomic mass is 16.2. The fraction of sp³-hybridized carbons (Fsp3) is 0.211. The van der Waals surface area contributed by atoms with Gasteiger partial charge in [0, 0.05) is 5.69 Å². The maximum atomic E-state index is 12.4. The first kappa shape index (κ1) is 16.9. The Labute approximate surface area is 155 Å². The van der Waals surface area contributed by atoms with Gasteiger partial charge >= 0.3 is 0 Å². The van der Waals surface area contributed by atoms with Gasteiger partial charge in [0.2, 0.25) is 5.91 Å². The molecule has 3 aromatic rings. The molecule has 0 saturated carbocycles. The van der Waals surface area contributed by atoms with E-state index in [1.807, 2.05) is 54.6 Å². The van der Waals surface area contributed by atoms with Crippen LogP contribution in [0, 0.1) is 0 Å². The number of hydrogen-bond acceptors (Lipinski definition) is 5. The molecular formula is C19H18N6O2. The van der Waals surface area contributed by atoms with E-state index >= 15 is 0 Å². The van der Waals surface area contributed by atoms with Crippen molar-refractivity contribution in [1.82, 2.24) is 25.5 Å². The Balaban J connectivity index is 1.41. The molecule has 8 heteroatoms. The molecule has 1 aromatic heterocycles. The van der Waals surface area contributed by atoms with E-state index in [0.717, 1.165) is 16.8 Å². The van der Waals surface area contributed by atoms with Crippen molar-refractivity contribution < 1.29 is 9.59 Å². The summed E-state index contributed by atoms with van der Waals surface area (Å²) in [6.07, 6.45) is 1.20. The summed E-state index contributed by atoms with van der Waals surface area (Å²) in [6.45, 7) is 0.417. The van der Waals surface area contributed by atoms with Gasteiger partial charge in [-0.25, -0.2) is 0 Å². The molecule has 0 saturated heterocycles. The number of aryl methyl sites for hydroxylation is 1. The summed E-state index contributed by atoms with van der Waals surface area (Å²) >= 11 is 0. The second-order valence-corrected chi connectivity index (χ2v) is 6.34. The summed E-state index contributed by atoms with van der Waals surface area (Å²) in [6, 6.07) is 16.6. The van der Waals surface area contributed by atoms with Gasteiger partial charge in [-0.3, -0.25) is 9.59 Å². The smallest absolute Gasteiger partial charge is 0.293 e. The standard InChI is InChI=1S/C19H18N6O2/c26-18-16(11-10-14-8-4-5-9-15(14)20-18)21-19(27)17-22-24-25(23-17)12-13-6-2-1-3-7-13/h1-9,16H,10-12H2,(H,20,26)(H,21,27)/t16-/m0/s1. The van der Waals surface area contributed by atoms with E-state index in [2.05, 4.69) is 26.0 Å². The Hall–Kier alpha value is -3.55. The Bertz CT molecular complexity index is 969. The quantitative estimate of drug-likeness (QED) is 0.731. The van der Waals surface area contributed by atoms with Crippen molar-refractivity contribution in [1.29, 1.82) is 0 Å². The number of nitrogens with one attached hydrogen (secondary N) is 2. The van der Waals surface area contributed by atoms with Crippen LogP contribution in [0.2, 0.25) is 0 Å². The number of amides is 2. The van der Waals surface area contributed by atoms with Gasteiger partial charge in [0.1, 0.15) is 6.04 Å². The average Bonchev–Trinajstić information content (AvgIpc) is 3.09. The number of hydrogen-bond donors (Lipinski definition) is 2. The lowest BCUT2D eigenvalue weighted by Gasteiger charge is -2.13. The molecule has 0 bridgehead atoms. The number of carbonyl (C=O) groups excluding carboxylic acids is 2. The maximum Gasteiger partial charge on any atom is 0.293 e. The molecule has 0 aliphatic carbocycles. The molecule has 0 fully saturated rings. The topological polar surface area (TPSA) is 102 Å². The number of anilines is 1. The van der Waals surface area contributed by atoms with E-state index in [9.17, 15) is 9.59 Å². The molecule has 8 nitrogen and oxygen atoms in total. The third-order valence-electron chi connectivity index (χ3n) is 4.42. The predicted octanol–water partition coefficient (Wildman–Crippen LogP) is 1.40. The third-order valence-corrected chi connectivity index (χ3v) is 4.42. The first-order valence-electron chi connectivity index (χ1n) is 8.70. The zero-order valence-electron chi connectivity index (χ0n) is 14.5. The SMILES string of the molecule is O=C(N[C@H]1CCc2ccccc2NC1=O)c1nnn(Cc2ccccc2)n1. The minimum absolute atomic E-state index is 0.0551. The molecule has 2 N–H and O–H groups in total. The van der Waals surface area contributed by atoms with Gasteiger partial charge in [0.15, 0.2) is 0 Å². The lowest BCUT2D eigenvalue weighted by Crippen LogP contribution is -2.43. The summed E-state index contributed by atoms with van der Waals surface area (Å²) in [4.78, 5) is 26.2. The van der Waals surface area contributed by atoms with Crippen LogP contribution in [-0.4, -0.2) is 38.1 Å². The van der Waals surface area contributed by atoms with Crippen LogP contribution < -0.4 is 10.6 Å². The lowest BCUT2D eigenvalue weighted by molar-refractivity contribution is -0.118. The number of benzene rings is 2. The summed E-state index contributed by atoms with van der Waals surface area (Å²) in [5, 5.41) is 17.4. The van der Waals surface area contributed by atoms with Crippen molar-refractivity contribution in [3.05, 3.63) is 71.5 Å². The Morgan fingerprint density at radius 3 is 2.78 bits per heavy atom. The van der Waals surface area contributed by atoms with Crippen molar-refractivity contribution in [2.24, 2.45) is 0 Å². The monoisotopic (exact) mass is 362 g/mol. The second-order valence-electron chi connectivity index (χ2n) is 6.34. The summed E-state index contributed by atoms with van der Waals surface area (Å²) in [5.41, 5.74) is 2.84. The Kier molecular flexibility index (Phi) is 4.61. The molecule has 1 atom stereocenters. The molecule has 0 spiro atoms. The number of aromatic nitrogens is 4. The molecule has 4 rings (SSSR count). The van der Waals surface area contributed by atoms with Crippen molar-refractivity contribution in [3.63, 3.8) is 0 Å². The zero-order valence-corrected chi connectivity index (χ0v) is 14.5.